The van der Waals surface area contributed by atoms with Crippen LogP contribution in [0.3, 0.4) is 0 Å². The van der Waals surface area contributed by atoms with Crippen LogP contribution in [0.15, 0.2) is 30.5 Å². The minimum Gasteiger partial charge on any atom is -0.497 e. The lowest BCUT2D eigenvalue weighted by molar-refractivity contribution is -0.146. The maximum Gasteiger partial charge on any atom is 0.308 e. The van der Waals surface area contributed by atoms with E-state index in [1.807, 2.05) is 24.3 Å². The van der Waals surface area contributed by atoms with Crippen molar-refractivity contribution in [3.05, 3.63) is 36.0 Å². The van der Waals surface area contributed by atoms with Crippen LogP contribution in [0.2, 0.25) is 0 Å². The largest absolute Gasteiger partial charge is 0.497 e. The van der Waals surface area contributed by atoms with Gasteiger partial charge in [-0.25, -0.2) is 0 Å². The molecule has 2 aromatic rings. The number of rotatable bonds is 11. The molecule has 0 unspecified atom stereocenters. The molecule has 0 bridgehead atoms. The molecule has 2 heterocycles. The molecule has 0 spiro atoms. The molecule has 2 N–H and O–H groups in total. The van der Waals surface area contributed by atoms with Gasteiger partial charge in [0.05, 0.1) is 24.6 Å². The fourth-order valence-electron chi connectivity index (χ4n) is 5.06. The second-order valence-electron chi connectivity index (χ2n) is 9.45. The van der Waals surface area contributed by atoms with Crippen LogP contribution in [-0.2, 0) is 4.79 Å². The summed E-state index contributed by atoms with van der Waals surface area (Å²) in [5, 5.41) is 22.6. The summed E-state index contributed by atoms with van der Waals surface area (Å²) in [6.45, 7) is 2.57. The van der Waals surface area contributed by atoms with Gasteiger partial charge in [-0.15, -0.1) is 0 Å². The van der Waals surface area contributed by atoms with E-state index in [2.05, 4.69) is 21.6 Å². The van der Waals surface area contributed by atoms with Crippen LogP contribution in [0.1, 0.15) is 56.6 Å². The number of carboxylic acid groups (broad SMARTS) is 1. The number of piperidine rings is 1. The second kappa shape index (κ2) is 11.5. The van der Waals surface area contributed by atoms with Gasteiger partial charge in [0.25, 0.3) is 0 Å². The SMILES string of the molecule is COc1ccc2nccc([C@@H](O)CC[C@@H]3CCN(CCCSC4CCC4)C[C@@H]3C(=O)O)c2c1. The van der Waals surface area contributed by atoms with Crippen molar-refractivity contribution in [2.75, 3.05) is 32.5 Å². The Bertz CT molecular complexity index is 936. The van der Waals surface area contributed by atoms with Crippen molar-refractivity contribution < 1.29 is 19.7 Å². The molecule has 180 valence electrons. The minimum atomic E-state index is -0.706. The molecule has 4 rings (SSSR count). The monoisotopic (exact) mass is 472 g/mol. The Morgan fingerprint density at radius 2 is 2.15 bits per heavy atom. The number of benzene rings is 1. The highest BCUT2D eigenvalue weighted by Gasteiger charge is 2.34. The highest BCUT2D eigenvalue weighted by molar-refractivity contribution is 7.99. The van der Waals surface area contributed by atoms with Gasteiger partial charge >= 0.3 is 5.97 Å². The highest BCUT2D eigenvalue weighted by atomic mass is 32.2. The fourth-order valence-corrected chi connectivity index (χ4v) is 6.36. The van der Waals surface area contributed by atoms with E-state index >= 15 is 0 Å². The molecule has 1 aliphatic heterocycles. The standard InChI is InChI=1S/C26H36N2O4S/c1-32-19-7-8-24-22(16-19)21(10-12-27-24)25(29)9-6-18-11-14-28(17-23(18)26(30)31)13-3-15-33-20-4-2-5-20/h7-8,10,12,16,18,20,23,25,29H,2-6,9,11,13-15,17H2,1H3,(H,30,31)/t18-,23+,25+/m1/s1. The van der Waals surface area contributed by atoms with Crippen molar-refractivity contribution in [1.82, 2.24) is 9.88 Å². The fraction of sp³-hybridized carbons (Fsp3) is 0.615. The van der Waals surface area contributed by atoms with Gasteiger partial charge in [0.1, 0.15) is 5.75 Å². The molecule has 1 aromatic carbocycles. The van der Waals surface area contributed by atoms with E-state index in [9.17, 15) is 15.0 Å². The van der Waals surface area contributed by atoms with E-state index in [-0.39, 0.29) is 11.8 Å². The Balaban J connectivity index is 1.31. The number of fused-ring (bicyclic) bond motifs is 1. The third kappa shape index (κ3) is 6.19. The molecule has 1 aromatic heterocycles. The Morgan fingerprint density at radius 1 is 1.30 bits per heavy atom. The Morgan fingerprint density at radius 3 is 2.88 bits per heavy atom. The lowest BCUT2D eigenvalue weighted by Crippen LogP contribution is -2.44. The van der Waals surface area contributed by atoms with Crippen LogP contribution < -0.4 is 4.74 Å². The normalized spacial score (nSPS) is 22.7. The van der Waals surface area contributed by atoms with Gasteiger partial charge in [0.15, 0.2) is 0 Å². The maximum atomic E-state index is 12.0. The molecule has 0 radical (unpaired) electrons. The number of hydrogen-bond acceptors (Lipinski definition) is 6. The minimum absolute atomic E-state index is 0.0976. The zero-order valence-corrected chi connectivity index (χ0v) is 20.3. The molecule has 2 aliphatic rings. The smallest absolute Gasteiger partial charge is 0.308 e. The third-order valence-electron chi connectivity index (χ3n) is 7.33. The number of thioether (sulfide) groups is 1. The number of aliphatic hydroxyl groups excluding tert-OH is 1. The van der Waals surface area contributed by atoms with Crippen molar-refractivity contribution in [3.63, 3.8) is 0 Å². The van der Waals surface area contributed by atoms with Gasteiger partial charge in [-0.2, -0.15) is 11.8 Å². The molecule has 1 aliphatic carbocycles. The average Bonchev–Trinajstić information content (AvgIpc) is 2.80. The van der Waals surface area contributed by atoms with Crippen LogP contribution in [0.5, 0.6) is 5.75 Å². The molecule has 2 fully saturated rings. The third-order valence-corrected chi connectivity index (χ3v) is 8.80. The average molecular weight is 473 g/mol. The van der Waals surface area contributed by atoms with E-state index in [1.165, 1.54) is 25.0 Å². The molecule has 0 amide bonds. The van der Waals surface area contributed by atoms with E-state index < -0.39 is 12.1 Å². The Hall–Kier alpha value is -1.83. The Labute approximate surface area is 200 Å². The predicted octanol–water partition coefficient (Wildman–Crippen LogP) is 4.76. The number of ether oxygens (including phenoxy) is 1. The summed E-state index contributed by atoms with van der Waals surface area (Å²) in [4.78, 5) is 18.7. The van der Waals surface area contributed by atoms with Crippen LogP contribution in [-0.4, -0.2) is 63.8 Å². The summed E-state index contributed by atoms with van der Waals surface area (Å²) in [7, 11) is 1.62. The molecule has 1 saturated heterocycles. The summed E-state index contributed by atoms with van der Waals surface area (Å²) >= 11 is 2.09. The van der Waals surface area contributed by atoms with Gasteiger partial charge in [-0.3, -0.25) is 9.78 Å². The topological polar surface area (TPSA) is 82.9 Å². The molecule has 6 nitrogen and oxygen atoms in total. The number of aliphatic hydroxyl groups is 1. The first kappa shape index (κ1) is 24.3. The quantitative estimate of drug-likeness (QED) is 0.457. The first-order chi connectivity index (χ1) is 16.0. The van der Waals surface area contributed by atoms with E-state index in [4.69, 9.17) is 4.74 Å². The number of aromatic nitrogens is 1. The van der Waals surface area contributed by atoms with Crippen LogP contribution >= 0.6 is 11.8 Å². The van der Waals surface area contributed by atoms with Gasteiger partial charge in [-0.1, -0.05) is 6.42 Å². The van der Waals surface area contributed by atoms with Crippen molar-refractivity contribution >= 4 is 28.6 Å². The van der Waals surface area contributed by atoms with Gasteiger partial charge < -0.3 is 19.8 Å². The summed E-state index contributed by atoms with van der Waals surface area (Å²) in [5.74, 6) is 0.939. The van der Waals surface area contributed by atoms with E-state index in [0.717, 1.165) is 53.4 Å². The number of hydrogen-bond donors (Lipinski definition) is 2. The van der Waals surface area contributed by atoms with Gasteiger partial charge in [0.2, 0.25) is 0 Å². The summed E-state index contributed by atoms with van der Waals surface area (Å²) in [5.41, 5.74) is 1.65. The summed E-state index contributed by atoms with van der Waals surface area (Å²) in [6.07, 6.45) is 8.44. The number of methoxy groups -OCH3 is 1. The first-order valence-electron chi connectivity index (χ1n) is 12.2. The van der Waals surface area contributed by atoms with Crippen molar-refractivity contribution in [1.29, 1.82) is 0 Å². The lowest BCUT2D eigenvalue weighted by atomic mass is 9.81. The molecular weight excluding hydrogens is 436 g/mol. The number of aliphatic carboxylic acids is 1. The van der Waals surface area contributed by atoms with Gasteiger partial charge in [0, 0.05) is 23.4 Å². The zero-order valence-electron chi connectivity index (χ0n) is 19.5. The van der Waals surface area contributed by atoms with Crippen LogP contribution in [0.4, 0.5) is 0 Å². The highest BCUT2D eigenvalue weighted by Crippen LogP contribution is 2.34. The number of pyridine rings is 1. The van der Waals surface area contributed by atoms with Crippen molar-refractivity contribution in [3.8, 4) is 5.75 Å². The molecule has 3 atom stereocenters. The predicted molar refractivity (Wildman–Crippen MR) is 133 cm³/mol. The molecular formula is C26H36N2O4S. The second-order valence-corrected chi connectivity index (χ2v) is 10.9. The van der Waals surface area contributed by atoms with E-state index in [0.29, 0.717) is 19.4 Å². The number of carboxylic acids is 1. The molecule has 33 heavy (non-hydrogen) atoms. The molecule has 1 saturated carbocycles. The Kier molecular flexibility index (Phi) is 8.50. The molecule has 7 heteroatoms. The van der Waals surface area contributed by atoms with E-state index in [1.54, 1.807) is 13.3 Å². The summed E-state index contributed by atoms with van der Waals surface area (Å²) < 4.78 is 5.34. The number of nitrogens with zero attached hydrogens (tertiary/aromatic N) is 2. The lowest BCUT2D eigenvalue weighted by Gasteiger charge is -2.37. The van der Waals surface area contributed by atoms with Crippen molar-refractivity contribution in [2.45, 2.75) is 56.3 Å². The number of likely N-dealkylation sites (tertiary alicyclic amines) is 1. The first-order valence-corrected chi connectivity index (χ1v) is 13.3. The number of carbonyl (C=O) groups is 1. The van der Waals surface area contributed by atoms with Crippen molar-refractivity contribution in [2.24, 2.45) is 11.8 Å². The zero-order chi connectivity index (χ0) is 23.2. The maximum absolute atomic E-state index is 12.0. The summed E-state index contributed by atoms with van der Waals surface area (Å²) in [6, 6.07) is 7.52. The van der Waals surface area contributed by atoms with Crippen LogP contribution in [0, 0.1) is 11.8 Å². The van der Waals surface area contributed by atoms with Gasteiger partial charge in [-0.05, 0) is 93.1 Å². The van der Waals surface area contributed by atoms with Crippen LogP contribution in [0.25, 0.3) is 10.9 Å².